The molecule has 0 bridgehead atoms. The maximum atomic E-state index is 2.48. The van der Waals surface area contributed by atoms with Crippen molar-refractivity contribution in [3.05, 3.63) is 6.42 Å². The molecule has 2 aliphatic rings. The lowest BCUT2D eigenvalue weighted by atomic mass is 10.3. The Morgan fingerprint density at radius 3 is 2.00 bits per heavy atom. The number of fused-ring (bicyclic) bond motifs is 1. The van der Waals surface area contributed by atoms with Crippen molar-refractivity contribution in [3.63, 3.8) is 0 Å². The minimum Gasteiger partial charge on any atom is -0.0443 e. The second-order valence-corrected chi connectivity index (χ2v) is 2.45. The van der Waals surface area contributed by atoms with Gasteiger partial charge in [-0.25, -0.2) is 0 Å². The molecule has 0 nitrogen and oxygen atoms in total. The lowest BCUT2D eigenvalue weighted by molar-refractivity contribution is 0.790. The molecular formula is C6H9+. The second kappa shape index (κ2) is 0.749. The van der Waals surface area contributed by atoms with Crippen molar-refractivity contribution in [2.24, 2.45) is 11.8 Å². The van der Waals surface area contributed by atoms with Gasteiger partial charge in [-0.3, -0.25) is 0 Å². The fourth-order valence-electron chi connectivity index (χ4n) is 1.46. The summed E-state index contributed by atoms with van der Waals surface area (Å²) in [6, 6.07) is 0. The van der Waals surface area contributed by atoms with E-state index < -0.39 is 0 Å². The van der Waals surface area contributed by atoms with E-state index in [1.54, 1.807) is 0 Å². The van der Waals surface area contributed by atoms with Gasteiger partial charge in [0.25, 0.3) is 0 Å². The molecule has 2 saturated carbocycles. The van der Waals surface area contributed by atoms with Gasteiger partial charge in [0.1, 0.15) is 11.8 Å². The molecule has 0 aromatic heterocycles. The maximum absolute atomic E-state index is 2.48. The van der Waals surface area contributed by atoms with Crippen LogP contribution >= 0.6 is 0 Å². The van der Waals surface area contributed by atoms with Crippen molar-refractivity contribution in [1.29, 1.82) is 0 Å². The number of rotatable bonds is 0. The van der Waals surface area contributed by atoms with Crippen LogP contribution in [-0.4, -0.2) is 0 Å². The Morgan fingerprint density at radius 1 is 1.17 bits per heavy atom. The molecule has 2 rings (SSSR count). The van der Waals surface area contributed by atoms with E-state index in [2.05, 4.69) is 6.42 Å². The van der Waals surface area contributed by atoms with Gasteiger partial charge in [-0.1, -0.05) is 0 Å². The molecule has 0 heteroatoms. The van der Waals surface area contributed by atoms with Crippen molar-refractivity contribution in [2.75, 3.05) is 0 Å². The van der Waals surface area contributed by atoms with Gasteiger partial charge in [-0.2, -0.15) is 0 Å². The summed E-state index contributed by atoms with van der Waals surface area (Å²) in [6.07, 6.45) is 6.99. The van der Waals surface area contributed by atoms with Crippen LogP contribution in [0.5, 0.6) is 0 Å². The standard InChI is InChI=1S/C6H9/c1-2-5-4-6(5)3-1/h4-6H,1-3H2/q+1/t5-,6+. The molecule has 0 aromatic rings. The molecule has 0 unspecified atom stereocenters. The zero-order valence-electron chi connectivity index (χ0n) is 3.85. The summed E-state index contributed by atoms with van der Waals surface area (Å²) in [5.41, 5.74) is 0. The first kappa shape index (κ1) is 2.95. The zero-order chi connectivity index (χ0) is 3.98. The summed E-state index contributed by atoms with van der Waals surface area (Å²) in [6.45, 7) is 0. The summed E-state index contributed by atoms with van der Waals surface area (Å²) in [7, 11) is 0. The maximum Gasteiger partial charge on any atom is 0.141 e. The van der Waals surface area contributed by atoms with E-state index in [9.17, 15) is 0 Å². The average molecular weight is 81.1 g/mol. The quantitative estimate of drug-likeness (QED) is 0.389. The lowest BCUT2D eigenvalue weighted by Crippen LogP contribution is -1.64. The van der Waals surface area contributed by atoms with Crippen molar-refractivity contribution in [1.82, 2.24) is 0 Å². The molecule has 0 aliphatic heterocycles. The van der Waals surface area contributed by atoms with E-state index >= 15 is 0 Å². The van der Waals surface area contributed by atoms with E-state index in [-0.39, 0.29) is 0 Å². The molecular weight excluding hydrogens is 72.1 g/mol. The van der Waals surface area contributed by atoms with Gasteiger partial charge < -0.3 is 0 Å². The number of hydrogen-bond donors (Lipinski definition) is 0. The predicted octanol–water partition coefficient (Wildman–Crippen LogP) is 1.62. The van der Waals surface area contributed by atoms with Crippen LogP contribution < -0.4 is 0 Å². The Kier molecular flexibility index (Phi) is 0.368. The topological polar surface area (TPSA) is 0 Å². The minimum absolute atomic E-state index is 1.09. The van der Waals surface area contributed by atoms with E-state index in [1.165, 1.54) is 19.3 Å². The van der Waals surface area contributed by atoms with Crippen LogP contribution in [0.25, 0.3) is 0 Å². The molecule has 6 heavy (non-hydrogen) atoms. The summed E-state index contributed by atoms with van der Waals surface area (Å²) >= 11 is 0. The normalized spacial score (nSPS) is 50.7. The monoisotopic (exact) mass is 81.1 g/mol. The Labute approximate surface area is 38.6 Å². The second-order valence-electron chi connectivity index (χ2n) is 2.45. The first-order valence-electron chi connectivity index (χ1n) is 2.82. The van der Waals surface area contributed by atoms with Gasteiger partial charge in [0.15, 0.2) is 0 Å². The molecule has 32 valence electrons. The van der Waals surface area contributed by atoms with Crippen LogP contribution in [0, 0.1) is 18.3 Å². The molecule has 2 fully saturated rings. The SMILES string of the molecule is [CH+]1[C@@H]2CCC[C@H]12. The zero-order valence-corrected chi connectivity index (χ0v) is 3.85. The van der Waals surface area contributed by atoms with Crippen LogP contribution in [-0.2, 0) is 0 Å². The first-order chi connectivity index (χ1) is 2.97. The molecule has 0 radical (unpaired) electrons. The highest BCUT2D eigenvalue weighted by atomic mass is 14.5. The summed E-state index contributed by atoms with van der Waals surface area (Å²) in [5, 5.41) is 0. The molecule has 0 N–H and O–H groups in total. The highest BCUT2D eigenvalue weighted by Gasteiger charge is 2.53. The van der Waals surface area contributed by atoms with Crippen molar-refractivity contribution in [2.45, 2.75) is 19.3 Å². The van der Waals surface area contributed by atoms with Crippen molar-refractivity contribution >= 4 is 0 Å². The fourth-order valence-corrected chi connectivity index (χ4v) is 1.46. The van der Waals surface area contributed by atoms with Gasteiger partial charge in [-0.15, -0.1) is 0 Å². The largest absolute Gasteiger partial charge is 0.141 e. The smallest absolute Gasteiger partial charge is 0.0443 e. The lowest BCUT2D eigenvalue weighted by Gasteiger charge is -1.74. The van der Waals surface area contributed by atoms with Gasteiger partial charge in [-0.05, 0) is 19.3 Å². The molecule has 0 heterocycles. The highest BCUT2D eigenvalue weighted by molar-refractivity contribution is 5.08. The highest BCUT2D eigenvalue weighted by Crippen LogP contribution is 2.50. The van der Waals surface area contributed by atoms with Gasteiger partial charge in [0.2, 0.25) is 0 Å². The Balaban J connectivity index is 2.09. The van der Waals surface area contributed by atoms with Gasteiger partial charge in [0.05, 0.1) is 6.42 Å². The summed E-state index contributed by atoms with van der Waals surface area (Å²) < 4.78 is 0. The van der Waals surface area contributed by atoms with Gasteiger partial charge in [0, 0.05) is 0 Å². The van der Waals surface area contributed by atoms with Crippen LogP contribution in [0.4, 0.5) is 0 Å². The number of hydrogen-bond acceptors (Lipinski definition) is 0. The Hall–Kier alpha value is -0.130. The van der Waals surface area contributed by atoms with E-state index in [0.29, 0.717) is 0 Å². The van der Waals surface area contributed by atoms with E-state index in [4.69, 9.17) is 0 Å². The minimum atomic E-state index is 1.09. The van der Waals surface area contributed by atoms with Crippen molar-refractivity contribution in [3.8, 4) is 0 Å². The third kappa shape index (κ3) is 0.226. The van der Waals surface area contributed by atoms with Crippen LogP contribution in [0.3, 0.4) is 0 Å². The van der Waals surface area contributed by atoms with Crippen LogP contribution in [0.2, 0.25) is 0 Å². The molecule has 0 amide bonds. The van der Waals surface area contributed by atoms with Gasteiger partial charge >= 0.3 is 0 Å². The fraction of sp³-hybridized carbons (Fsp3) is 0.833. The summed E-state index contributed by atoms with van der Waals surface area (Å²) in [5.74, 6) is 2.18. The predicted molar refractivity (Wildman–Crippen MR) is 25.1 cm³/mol. The average Bonchev–Trinajstić information content (AvgIpc) is 2.17. The molecule has 2 aliphatic carbocycles. The van der Waals surface area contributed by atoms with Crippen molar-refractivity contribution < 1.29 is 0 Å². The summed E-state index contributed by atoms with van der Waals surface area (Å²) in [4.78, 5) is 0. The third-order valence-corrected chi connectivity index (χ3v) is 1.98. The Morgan fingerprint density at radius 2 is 1.83 bits per heavy atom. The molecule has 0 saturated heterocycles. The Bertz CT molecular complexity index is 58.4. The van der Waals surface area contributed by atoms with Crippen LogP contribution in [0.15, 0.2) is 0 Å². The van der Waals surface area contributed by atoms with Crippen LogP contribution in [0.1, 0.15) is 19.3 Å². The molecule has 0 aromatic carbocycles. The van der Waals surface area contributed by atoms with E-state index in [1.807, 2.05) is 0 Å². The molecule has 2 atom stereocenters. The molecule has 0 spiro atoms. The third-order valence-electron chi connectivity index (χ3n) is 1.98. The first-order valence-corrected chi connectivity index (χ1v) is 2.82. The van der Waals surface area contributed by atoms with E-state index in [0.717, 1.165) is 11.8 Å².